The van der Waals surface area contributed by atoms with E-state index in [1.807, 2.05) is 21.3 Å². The van der Waals surface area contributed by atoms with E-state index in [4.69, 9.17) is 0 Å². The Hall–Kier alpha value is -3.20. The van der Waals surface area contributed by atoms with Crippen molar-refractivity contribution in [1.29, 1.82) is 0 Å². The van der Waals surface area contributed by atoms with Gasteiger partial charge in [0.15, 0.2) is 11.4 Å². The molecule has 6 aliphatic rings. The van der Waals surface area contributed by atoms with Gasteiger partial charge in [0.05, 0.1) is 33.4 Å². The summed E-state index contributed by atoms with van der Waals surface area (Å²) in [5.74, 6) is -0.380. The normalized spacial score (nSPS) is 35.5. The number of nitrogens with zero attached hydrogens (tertiary/aromatic N) is 4. The summed E-state index contributed by atoms with van der Waals surface area (Å²) in [5.41, 5.74) is -1.41. The van der Waals surface area contributed by atoms with Crippen molar-refractivity contribution in [3.05, 3.63) is 44.9 Å². The number of halogens is 2. The second-order valence-electron chi connectivity index (χ2n) is 11.1. The lowest BCUT2D eigenvalue weighted by Crippen LogP contribution is -2.56. The van der Waals surface area contributed by atoms with Crippen LogP contribution in [0.4, 0.5) is 9.59 Å². The number of nitrogens with one attached hydrogen (secondary N) is 4. The van der Waals surface area contributed by atoms with Crippen LogP contribution in [0.2, 0.25) is 0 Å². The van der Waals surface area contributed by atoms with Crippen LogP contribution in [0.1, 0.15) is 45.9 Å². The predicted octanol–water partition coefficient (Wildman–Crippen LogP) is -2.43. The van der Waals surface area contributed by atoms with E-state index in [1.165, 1.54) is 9.80 Å². The summed E-state index contributed by atoms with van der Waals surface area (Å²) >= 11 is 6.88. The zero-order chi connectivity index (χ0) is 28.5. The van der Waals surface area contributed by atoms with Gasteiger partial charge in [-0.15, -0.1) is 0 Å². The Balaban J connectivity index is 0.000000184. The first-order chi connectivity index (χ1) is 18.9. The number of amides is 6. The zero-order valence-electron chi connectivity index (χ0n) is 22.8. The van der Waals surface area contributed by atoms with Crippen LogP contribution in [0.5, 0.6) is 0 Å². The Bertz CT molecular complexity index is 1410. The highest BCUT2D eigenvalue weighted by molar-refractivity contribution is 9.10. The third-order valence-corrected chi connectivity index (χ3v) is 10.6. The average Bonchev–Trinajstić information content (AvgIpc) is 3.70. The largest absolute Gasteiger partial charge is 0.412 e. The summed E-state index contributed by atoms with van der Waals surface area (Å²) in [6.07, 6.45) is 0.746. The summed E-state index contributed by atoms with van der Waals surface area (Å²) in [6.45, 7) is 0. The third kappa shape index (κ3) is 4.13. The number of aromatic nitrogens is 2. The Kier molecular flexibility index (Phi) is 7.96. The first kappa shape index (κ1) is 32.7. The SMILES string of the molecule is CN1C(=O)N[C@H]2[C@@H]3NC(=O)c4ccc(Br)n4[C@@H]3C[C@]21O.CN1C(=O)N[C@H]2[C@@H]3NC(=O)c4ccc(Br)n4[C@@H]3C[C@]21O.O.O.O. The van der Waals surface area contributed by atoms with Crippen LogP contribution >= 0.6 is 31.9 Å². The van der Waals surface area contributed by atoms with Gasteiger partial charge in [0, 0.05) is 26.9 Å². The molecule has 0 bridgehead atoms. The molecule has 0 radical (unpaired) electrons. The molecule has 2 saturated carbocycles. The van der Waals surface area contributed by atoms with Crippen molar-refractivity contribution in [1.82, 2.24) is 40.2 Å². The first-order valence-corrected chi connectivity index (χ1v) is 14.3. The molecule has 0 unspecified atom stereocenters. The number of likely N-dealkylation sites (N-methyl/N-ethyl adjacent to an activating group) is 2. The summed E-state index contributed by atoms with van der Waals surface area (Å²) in [7, 11) is 3.14. The van der Waals surface area contributed by atoms with E-state index in [-0.39, 0.29) is 64.5 Å². The van der Waals surface area contributed by atoms with Gasteiger partial charge in [-0.2, -0.15) is 0 Å². The molecule has 12 N–H and O–H groups in total. The van der Waals surface area contributed by atoms with Crippen molar-refractivity contribution in [2.75, 3.05) is 14.1 Å². The topological polar surface area (TPSA) is 268 Å². The lowest BCUT2D eigenvalue weighted by Gasteiger charge is -2.32. The van der Waals surface area contributed by atoms with Gasteiger partial charge in [0.1, 0.15) is 23.5 Å². The number of carbonyl (C=O) groups excluding carboxylic acids is 4. The minimum atomic E-state index is -1.27. The summed E-state index contributed by atoms with van der Waals surface area (Å²) < 4.78 is 5.38. The maximum Gasteiger partial charge on any atom is 0.319 e. The molecule has 2 aromatic heterocycles. The Morgan fingerprint density at radius 3 is 1.37 bits per heavy atom. The Labute approximate surface area is 260 Å². The monoisotopic (exact) mass is 734 g/mol. The minimum Gasteiger partial charge on any atom is -0.412 e. The predicted molar refractivity (Wildman–Crippen MR) is 155 cm³/mol. The highest BCUT2D eigenvalue weighted by Crippen LogP contribution is 2.47. The van der Waals surface area contributed by atoms with E-state index in [1.54, 1.807) is 26.2 Å². The molecule has 8 atom stereocenters. The second kappa shape index (κ2) is 10.5. The highest BCUT2D eigenvalue weighted by Gasteiger charge is 2.64. The van der Waals surface area contributed by atoms with Crippen LogP contribution in [0.15, 0.2) is 33.5 Å². The molecule has 17 nitrogen and oxygen atoms in total. The molecule has 0 aromatic carbocycles. The van der Waals surface area contributed by atoms with Crippen molar-refractivity contribution in [2.45, 2.75) is 60.5 Å². The average molecular weight is 736 g/mol. The van der Waals surface area contributed by atoms with Gasteiger partial charge in [-0.05, 0) is 56.1 Å². The van der Waals surface area contributed by atoms with Gasteiger partial charge in [0.25, 0.3) is 11.8 Å². The lowest BCUT2D eigenvalue weighted by molar-refractivity contribution is -0.0566. The van der Waals surface area contributed by atoms with Gasteiger partial charge in [-0.3, -0.25) is 19.4 Å². The number of carbonyl (C=O) groups is 4. The van der Waals surface area contributed by atoms with Crippen LogP contribution in [-0.4, -0.2) is 119 Å². The quantitative estimate of drug-likeness (QED) is 0.171. The molecule has 236 valence electrons. The molecule has 19 heteroatoms. The van der Waals surface area contributed by atoms with Crippen molar-refractivity contribution in [3.8, 4) is 0 Å². The van der Waals surface area contributed by atoms with Crippen molar-refractivity contribution in [2.24, 2.45) is 0 Å². The van der Waals surface area contributed by atoms with E-state index in [2.05, 4.69) is 53.1 Å². The molecule has 6 amide bonds. The summed E-state index contributed by atoms with van der Waals surface area (Å²) in [6, 6.07) is 4.66. The fraction of sp³-hybridized carbons (Fsp3) is 0.500. The number of rotatable bonds is 0. The number of hydrogen-bond donors (Lipinski definition) is 6. The number of urea groups is 2. The molecular formula is C24H32Br2N8O9. The fourth-order valence-electron chi connectivity index (χ4n) is 7.26. The fourth-order valence-corrected chi connectivity index (χ4v) is 8.43. The third-order valence-electron chi connectivity index (χ3n) is 9.35. The van der Waals surface area contributed by atoms with Crippen LogP contribution in [0.3, 0.4) is 0 Å². The van der Waals surface area contributed by atoms with Crippen molar-refractivity contribution >= 4 is 55.7 Å². The minimum absolute atomic E-state index is 0. The maximum atomic E-state index is 12.1. The molecule has 0 spiro atoms. The van der Waals surface area contributed by atoms with E-state index >= 15 is 0 Å². The lowest BCUT2D eigenvalue weighted by atomic mass is 10.1. The molecule has 4 fully saturated rings. The Morgan fingerprint density at radius 2 is 1.02 bits per heavy atom. The smallest absolute Gasteiger partial charge is 0.319 e. The molecule has 43 heavy (non-hydrogen) atoms. The maximum absolute atomic E-state index is 12.1. The van der Waals surface area contributed by atoms with E-state index < -0.39 is 23.5 Å². The van der Waals surface area contributed by atoms with Crippen molar-refractivity contribution < 1.29 is 45.8 Å². The number of fused-ring (bicyclic) bond motifs is 10. The molecule has 4 aliphatic heterocycles. The standard InChI is InChI=1S/2C12H13BrN4O3.3H2O/c2*1-16-11(19)15-9-8-6(4-12(9,16)20)17-5(10(18)14-8)2-3-7(17)13;;;/h2*2-3,6,8-9,20H,4H2,1H3,(H,14,18)(H,15,19);3*1H2/t2*6-,8-,9+,12+;;;/m11.../s1. The van der Waals surface area contributed by atoms with Crippen LogP contribution < -0.4 is 21.3 Å². The van der Waals surface area contributed by atoms with Gasteiger partial charge in [-0.1, -0.05) is 0 Å². The van der Waals surface area contributed by atoms with Gasteiger partial charge < -0.3 is 57.0 Å². The molecular weight excluding hydrogens is 704 g/mol. The van der Waals surface area contributed by atoms with Gasteiger partial charge in [0.2, 0.25) is 0 Å². The first-order valence-electron chi connectivity index (χ1n) is 12.8. The van der Waals surface area contributed by atoms with Crippen molar-refractivity contribution in [3.63, 3.8) is 0 Å². The number of aliphatic hydroxyl groups is 2. The van der Waals surface area contributed by atoms with E-state index in [0.29, 0.717) is 24.2 Å². The van der Waals surface area contributed by atoms with E-state index in [9.17, 15) is 29.4 Å². The molecule has 2 aromatic rings. The van der Waals surface area contributed by atoms with Crippen LogP contribution in [0, 0.1) is 0 Å². The second-order valence-corrected chi connectivity index (χ2v) is 12.7. The van der Waals surface area contributed by atoms with Crippen LogP contribution in [0.25, 0.3) is 0 Å². The Morgan fingerprint density at radius 1 is 0.674 bits per heavy atom. The molecule has 2 aliphatic carbocycles. The van der Waals surface area contributed by atoms with Gasteiger partial charge >= 0.3 is 12.1 Å². The number of hydrogen-bond acceptors (Lipinski definition) is 6. The highest BCUT2D eigenvalue weighted by atomic mass is 79.9. The summed E-state index contributed by atoms with van der Waals surface area (Å²) in [4.78, 5) is 50.4. The van der Waals surface area contributed by atoms with Crippen LogP contribution in [-0.2, 0) is 0 Å². The molecule has 6 heterocycles. The molecule has 2 saturated heterocycles. The molecule has 8 rings (SSSR count). The summed E-state index contributed by atoms with van der Waals surface area (Å²) in [5, 5.41) is 32.9. The van der Waals surface area contributed by atoms with Gasteiger partial charge in [-0.25, -0.2) is 9.59 Å². The van der Waals surface area contributed by atoms with E-state index in [0.717, 1.165) is 9.21 Å². The zero-order valence-corrected chi connectivity index (χ0v) is 25.9.